The zero-order valence-electron chi connectivity index (χ0n) is 10.0. The zero-order valence-corrected chi connectivity index (χ0v) is 11.6. The maximum Gasteiger partial charge on any atom is 0.185 e. The smallest absolute Gasteiger partial charge is 0.185 e. The van der Waals surface area contributed by atoms with Crippen molar-refractivity contribution in [1.82, 2.24) is 10.7 Å². The van der Waals surface area contributed by atoms with Gasteiger partial charge in [-0.2, -0.15) is 0 Å². The van der Waals surface area contributed by atoms with E-state index in [9.17, 15) is 0 Å². The minimum atomic E-state index is 0.561. The van der Waals surface area contributed by atoms with Crippen molar-refractivity contribution in [3.63, 3.8) is 0 Å². The first-order chi connectivity index (χ1) is 8.09. The molecule has 17 heavy (non-hydrogen) atoms. The summed E-state index contributed by atoms with van der Waals surface area (Å²) in [5.41, 5.74) is 6.65. The van der Waals surface area contributed by atoms with Crippen molar-refractivity contribution in [1.29, 1.82) is 0 Å². The van der Waals surface area contributed by atoms with Crippen molar-refractivity contribution in [2.75, 3.05) is 32.6 Å². The van der Waals surface area contributed by atoms with Gasteiger partial charge in [0, 0.05) is 0 Å². The number of quaternary nitrogens is 1. The third-order valence-corrected chi connectivity index (χ3v) is 2.67. The average molecular weight is 274 g/mol. The predicted octanol–water partition coefficient (Wildman–Crippen LogP) is 0.276. The zero-order chi connectivity index (χ0) is 12.7. The van der Waals surface area contributed by atoms with E-state index in [-0.39, 0.29) is 0 Å². The lowest BCUT2D eigenvalue weighted by molar-refractivity contribution is -0.856. The maximum atomic E-state index is 5.98. The first-order valence-electron chi connectivity index (χ1n) is 5.43. The van der Waals surface area contributed by atoms with Gasteiger partial charge in [0.15, 0.2) is 5.11 Å². The Balaban J connectivity index is 2.26. The van der Waals surface area contributed by atoms with Gasteiger partial charge in [-0.15, -0.1) is 0 Å². The van der Waals surface area contributed by atoms with Crippen LogP contribution in [0.5, 0.6) is 0 Å². The maximum absolute atomic E-state index is 5.98. The number of likely N-dealkylation sites (N-methyl/N-ethyl adjacent to an activating group) is 1. The van der Waals surface area contributed by atoms with E-state index in [1.807, 2.05) is 24.3 Å². The Morgan fingerprint density at radius 3 is 2.71 bits per heavy atom. The number of halogens is 1. The number of thiocarbonyl (C=S) groups is 1. The van der Waals surface area contributed by atoms with Crippen LogP contribution in [0, 0.1) is 0 Å². The molecule has 0 aliphatic heterocycles. The Kier molecular flexibility index (Phi) is 6.04. The van der Waals surface area contributed by atoms with E-state index in [1.54, 1.807) is 0 Å². The number of nitrogens with one attached hydrogen (secondary N) is 4. The third kappa shape index (κ3) is 5.72. The van der Waals surface area contributed by atoms with Gasteiger partial charge in [-0.3, -0.25) is 10.9 Å². The summed E-state index contributed by atoms with van der Waals surface area (Å²) >= 11 is 11.1. The molecule has 0 amide bonds. The van der Waals surface area contributed by atoms with E-state index in [0.29, 0.717) is 10.1 Å². The molecule has 4 nitrogen and oxygen atoms in total. The molecule has 1 aromatic rings. The molecule has 0 aliphatic carbocycles. The molecule has 94 valence electrons. The van der Waals surface area contributed by atoms with Crippen LogP contribution in [-0.2, 0) is 0 Å². The van der Waals surface area contributed by atoms with Crippen LogP contribution >= 0.6 is 23.8 Å². The highest BCUT2D eigenvalue weighted by atomic mass is 35.5. The van der Waals surface area contributed by atoms with E-state index in [2.05, 4.69) is 30.3 Å². The Bertz CT molecular complexity index is 370. The van der Waals surface area contributed by atoms with Gasteiger partial charge in [0.2, 0.25) is 0 Å². The second kappa shape index (κ2) is 7.32. The molecule has 0 aliphatic rings. The highest BCUT2D eigenvalue weighted by molar-refractivity contribution is 7.80. The molecular weight excluding hydrogens is 256 g/mol. The fourth-order valence-corrected chi connectivity index (χ4v) is 1.49. The van der Waals surface area contributed by atoms with Crippen LogP contribution in [-0.4, -0.2) is 32.3 Å². The first-order valence-corrected chi connectivity index (χ1v) is 6.21. The number of hydrazine groups is 1. The summed E-state index contributed by atoms with van der Waals surface area (Å²) in [6.07, 6.45) is 0. The largest absolute Gasteiger partial charge is 0.356 e. The molecule has 0 atom stereocenters. The van der Waals surface area contributed by atoms with Crippen LogP contribution in [0.1, 0.15) is 0 Å². The molecule has 0 heterocycles. The van der Waals surface area contributed by atoms with Crippen molar-refractivity contribution >= 4 is 34.6 Å². The van der Waals surface area contributed by atoms with Crippen LogP contribution in [0.4, 0.5) is 5.69 Å². The van der Waals surface area contributed by atoms with Gasteiger partial charge in [-0.1, -0.05) is 23.7 Å². The molecule has 0 aromatic heterocycles. The van der Waals surface area contributed by atoms with Gasteiger partial charge in [-0.25, -0.2) is 0 Å². The lowest BCUT2D eigenvalue weighted by Gasteiger charge is -2.14. The number of para-hydroxylation sites is 1. The average Bonchev–Trinajstić information content (AvgIpc) is 2.27. The second-order valence-electron chi connectivity index (χ2n) is 3.94. The molecule has 1 aromatic carbocycles. The Morgan fingerprint density at radius 1 is 1.35 bits per heavy atom. The summed E-state index contributed by atoms with van der Waals surface area (Å²) < 4.78 is 0. The van der Waals surface area contributed by atoms with E-state index >= 15 is 0 Å². The summed E-state index contributed by atoms with van der Waals surface area (Å²) in [5.74, 6) is 0. The van der Waals surface area contributed by atoms with Crippen molar-refractivity contribution in [2.45, 2.75) is 0 Å². The molecule has 6 heteroatoms. The first kappa shape index (κ1) is 14.0. The lowest BCUT2D eigenvalue weighted by Crippen LogP contribution is -3.06. The normalized spacial score (nSPS) is 10.1. The molecule has 0 saturated heterocycles. The van der Waals surface area contributed by atoms with Crippen molar-refractivity contribution in [2.24, 2.45) is 0 Å². The number of anilines is 1. The standard InChI is InChI=1S/C11H17ClN4S/c1-16(2)8-7-13-11(17)15-14-10-6-4-3-5-9(10)12/h3-6,14H,7-8H2,1-2H3,(H2,13,15,17)/p+1. The van der Waals surface area contributed by atoms with E-state index in [1.165, 1.54) is 4.90 Å². The van der Waals surface area contributed by atoms with Crippen molar-refractivity contribution < 1.29 is 4.90 Å². The molecule has 0 fully saturated rings. The van der Waals surface area contributed by atoms with E-state index < -0.39 is 0 Å². The van der Waals surface area contributed by atoms with Crippen LogP contribution in [0.3, 0.4) is 0 Å². The Morgan fingerprint density at radius 2 is 2.06 bits per heavy atom. The molecule has 0 spiro atoms. The second-order valence-corrected chi connectivity index (χ2v) is 4.76. The highest BCUT2D eigenvalue weighted by Crippen LogP contribution is 2.19. The number of rotatable bonds is 5. The van der Waals surface area contributed by atoms with E-state index in [4.69, 9.17) is 23.8 Å². The summed E-state index contributed by atoms with van der Waals surface area (Å²) in [5, 5.41) is 4.31. The van der Waals surface area contributed by atoms with Gasteiger partial charge in [0.25, 0.3) is 0 Å². The molecule has 0 unspecified atom stereocenters. The van der Waals surface area contributed by atoms with Gasteiger partial charge in [-0.05, 0) is 24.4 Å². The van der Waals surface area contributed by atoms with Crippen LogP contribution in [0.15, 0.2) is 24.3 Å². The minimum Gasteiger partial charge on any atom is -0.356 e. The van der Waals surface area contributed by atoms with Crippen molar-refractivity contribution in [3.05, 3.63) is 29.3 Å². The van der Waals surface area contributed by atoms with Crippen LogP contribution in [0.2, 0.25) is 5.02 Å². The quantitative estimate of drug-likeness (QED) is 0.459. The molecular formula is C11H18ClN4S+. The summed E-state index contributed by atoms with van der Waals surface area (Å²) in [4.78, 5) is 1.37. The van der Waals surface area contributed by atoms with Gasteiger partial charge in [0.1, 0.15) is 0 Å². The lowest BCUT2D eigenvalue weighted by atomic mass is 10.3. The fourth-order valence-electron chi connectivity index (χ4n) is 1.16. The monoisotopic (exact) mass is 273 g/mol. The minimum absolute atomic E-state index is 0.561. The van der Waals surface area contributed by atoms with Crippen molar-refractivity contribution in [3.8, 4) is 0 Å². The summed E-state index contributed by atoms with van der Waals surface area (Å²) in [6, 6.07) is 7.48. The third-order valence-electron chi connectivity index (χ3n) is 2.10. The van der Waals surface area contributed by atoms with Gasteiger partial charge >= 0.3 is 0 Å². The topological polar surface area (TPSA) is 40.5 Å². The molecule has 0 saturated carbocycles. The van der Waals surface area contributed by atoms with E-state index in [0.717, 1.165) is 18.8 Å². The Hall–Kier alpha value is -1.04. The number of hydrogen-bond acceptors (Lipinski definition) is 2. The van der Waals surface area contributed by atoms with Crippen LogP contribution < -0.4 is 21.1 Å². The molecule has 0 radical (unpaired) electrons. The highest BCUT2D eigenvalue weighted by Gasteiger charge is 1.99. The van der Waals surface area contributed by atoms with Gasteiger partial charge in [0.05, 0.1) is 37.9 Å². The molecule has 0 bridgehead atoms. The number of hydrogen-bond donors (Lipinski definition) is 4. The fraction of sp³-hybridized carbons (Fsp3) is 0.364. The van der Waals surface area contributed by atoms with Crippen LogP contribution in [0.25, 0.3) is 0 Å². The Labute approximate surface area is 112 Å². The predicted molar refractivity (Wildman–Crippen MR) is 76.5 cm³/mol. The molecule has 1 rings (SSSR count). The van der Waals surface area contributed by atoms with Gasteiger partial charge < -0.3 is 10.2 Å². The summed E-state index contributed by atoms with van der Waals surface area (Å²) in [7, 11) is 4.19. The molecule has 4 N–H and O–H groups in total. The SMILES string of the molecule is C[NH+](C)CCNC(=S)NNc1ccccc1Cl. The summed E-state index contributed by atoms with van der Waals surface area (Å²) in [6.45, 7) is 1.84. The number of benzene rings is 1.